The monoisotopic (exact) mass is 339 g/mol. The Kier molecular flexibility index (Phi) is 3.96. The highest BCUT2D eigenvalue weighted by molar-refractivity contribution is 9.10. The predicted octanol–water partition coefficient (Wildman–Crippen LogP) is 3.31. The van der Waals surface area contributed by atoms with Gasteiger partial charge >= 0.3 is 0 Å². The van der Waals surface area contributed by atoms with Crippen molar-refractivity contribution in [1.29, 1.82) is 0 Å². The Labute approximate surface area is 121 Å². The molecule has 100 valence electrons. The average molecular weight is 340 g/mol. The third-order valence-electron chi connectivity index (χ3n) is 2.72. The third-order valence-corrected chi connectivity index (χ3v) is 4.88. The Balaban J connectivity index is 2.33. The maximum Gasteiger partial charge on any atom is 0.182 e. The zero-order valence-corrected chi connectivity index (χ0v) is 12.8. The first-order valence-corrected chi connectivity index (χ1v) is 8.16. The summed E-state index contributed by atoms with van der Waals surface area (Å²) in [7, 11) is -3.34. The molecule has 19 heavy (non-hydrogen) atoms. The van der Waals surface area contributed by atoms with E-state index in [4.69, 9.17) is 5.73 Å². The molecule has 0 saturated carbocycles. The lowest BCUT2D eigenvalue weighted by Crippen LogP contribution is -2.05. The van der Waals surface area contributed by atoms with Crippen LogP contribution in [-0.2, 0) is 15.6 Å². The molecule has 0 aliphatic rings. The van der Waals surface area contributed by atoms with Gasteiger partial charge in [-0.25, -0.2) is 8.42 Å². The number of nitrogen functional groups attached to an aromatic ring is 1. The Morgan fingerprint density at radius 3 is 2.32 bits per heavy atom. The molecular formula is C14H14BrNO2S. The van der Waals surface area contributed by atoms with E-state index in [1.165, 1.54) is 0 Å². The lowest BCUT2D eigenvalue weighted by Gasteiger charge is -2.07. The molecule has 0 atom stereocenters. The van der Waals surface area contributed by atoms with Gasteiger partial charge in [0.2, 0.25) is 0 Å². The number of aryl methyl sites for hydroxylation is 1. The lowest BCUT2D eigenvalue weighted by atomic mass is 10.2. The Bertz CT molecular complexity index is 674. The Hall–Kier alpha value is -1.33. The van der Waals surface area contributed by atoms with Crippen LogP contribution in [0, 0.1) is 6.92 Å². The van der Waals surface area contributed by atoms with Crippen LogP contribution < -0.4 is 5.73 Å². The van der Waals surface area contributed by atoms with Crippen LogP contribution in [0.2, 0.25) is 0 Å². The largest absolute Gasteiger partial charge is 0.399 e. The van der Waals surface area contributed by atoms with Gasteiger partial charge in [0.1, 0.15) is 0 Å². The smallest absolute Gasteiger partial charge is 0.182 e. The van der Waals surface area contributed by atoms with Crippen molar-refractivity contribution in [3.05, 3.63) is 58.1 Å². The van der Waals surface area contributed by atoms with E-state index in [0.717, 1.165) is 10.0 Å². The van der Waals surface area contributed by atoms with E-state index in [0.29, 0.717) is 16.1 Å². The van der Waals surface area contributed by atoms with Gasteiger partial charge in [-0.1, -0.05) is 33.6 Å². The quantitative estimate of drug-likeness (QED) is 0.872. The molecule has 0 unspecified atom stereocenters. The van der Waals surface area contributed by atoms with Gasteiger partial charge in [-0.3, -0.25) is 0 Å². The molecule has 0 bridgehead atoms. The molecule has 2 rings (SSSR count). The molecule has 0 amide bonds. The second-order valence-corrected chi connectivity index (χ2v) is 7.37. The molecule has 2 N–H and O–H groups in total. The number of rotatable bonds is 3. The number of nitrogens with two attached hydrogens (primary N) is 1. The minimum absolute atomic E-state index is 0.0559. The van der Waals surface area contributed by atoms with E-state index in [1.807, 2.05) is 6.92 Å². The van der Waals surface area contributed by atoms with Crippen molar-refractivity contribution in [2.45, 2.75) is 17.6 Å². The van der Waals surface area contributed by atoms with Gasteiger partial charge in [-0.15, -0.1) is 0 Å². The highest BCUT2D eigenvalue weighted by Crippen LogP contribution is 2.22. The summed E-state index contributed by atoms with van der Waals surface area (Å²) in [4.78, 5) is 0.330. The number of hydrogen-bond acceptors (Lipinski definition) is 3. The molecule has 2 aromatic rings. The van der Waals surface area contributed by atoms with E-state index in [-0.39, 0.29) is 5.75 Å². The van der Waals surface area contributed by atoms with Crippen LogP contribution in [0.4, 0.5) is 5.69 Å². The van der Waals surface area contributed by atoms with Gasteiger partial charge in [0.25, 0.3) is 0 Å². The molecule has 5 heteroatoms. The van der Waals surface area contributed by atoms with Crippen molar-refractivity contribution < 1.29 is 8.42 Å². The molecule has 0 fully saturated rings. The van der Waals surface area contributed by atoms with Crippen molar-refractivity contribution in [2.75, 3.05) is 5.73 Å². The number of hydrogen-bond donors (Lipinski definition) is 1. The van der Waals surface area contributed by atoms with Crippen LogP contribution in [-0.4, -0.2) is 8.42 Å². The van der Waals surface area contributed by atoms with Crippen LogP contribution in [0.15, 0.2) is 51.8 Å². The summed E-state index contributed by atoms with van der Waals surface area (Å²) in [5, 5.41) is 0. The zero-order valence-electron chi connectivity index (χ0n) is 10.4. The van der Waals surface area contributed by atoms with Gasteiger partial charge in [0.15, 0.2) is 9.84 Å². The van der Waals surface area contributed by atoms with Crippen molar-refractivity contribution in [1.82, 2.24) is 0 Å². The SMILES string of the molecule is Cc1ccc(S(=O)(=O)Cc2cc(N)cc(Br)c2)cc1. The molecule has 0 saturated heterocycles. The van der Waals surface area contributed by atoms with Gasteiger partial charge in [0.05, 0.1) is 10.6 Å². The second kappa shape index (κ2) is 5.35. The summed E-state index contributed by atoms with van der Waals surface area (Å²) in [6.07, 6.45) is 0. The van der Waals surface area contributed by atoms with Crippen LogP contribution in [0.1, 0.15) is 11.1 Å². The van der Waals surface area contributed by atoms with E-state index in [1.54, 1.807) is 42.5 Å². The van der Waals surface area contributed by atoms with Crippen molar-refractivity contribution in [3.63, 3.8) is 0 Å². The van der Waals surface area contributed by atoms with Gasteiger partial charge in [-0.05, 0) is 42.8 Å². The van der Waals surface area contributed by atoms with Crippen LogP contribution in [0.5, 0.6) is 0 Å². The highest BCUT2D eigenvalue weighted by Gasteiger charge is 2.15. The summed E-state index contributed by atoms with van der Waals surface area (Å²) < 4.78 is 25.3. The fourth-order valence-electron chi connectivity index (χ4n) is 1.81. The molecule has 0 heterocycles. The average Bonchev–Trinajstić information content (AvgIpc) is 2.27. The summed E-state index contributed by atoms with van der Waals surface area (Å²) in [6.45, 7) is 1.92. The van der Waals surface area contributed by atoms with Crippen LogP contribution >= 0.6 is 15.9 Å². The van der Waals surface area contributed by atoms with Crippen LogP contribution in [0.3, 0.4) is 0 Å². The number of anilines is 1. The van der Waals surface area contributed by atoms with Gasteiger partial charge in [-0.2, -0.15) is 0 Å². The number of halogens is 1. The second-order valence-electron chi connectivity index (χ2n) is 4.46. The minimum atomic E-state index is -3.34. The highest BCUT2D eigenvalue weighted by atomic mass is 79.9. The number of benzene rings is 2. The summed E-state index contributed by atoms with van der Waals surface area (Å²) in [5.74, 6) is -0.0559. The summed E-state index contributed by atoms with van der Waals surface area (Å²) in [6, 6.07) is 12.0. The molecule has 0 spiro atoms. The lowest BCUT2D eigenvalue weighted by molar-refractivity contribution is 0.595. The first kappa shape index (κ1) is 14.1. The van der Waals surface area contributed by atoms with Gasteiger partial charge < -0.3 is 5.73 Å². The van der Waals surface area contributed by atoms with E-state index in [2.05, 4.69) is 15.9 Å². The van der Waals surface area contributed by atoms with Gasteiger partial charge in [0, 0.05) is 10.2 Å². The topological polar surface area (TPSA) is 60.2 Å². The molecule has 3 nitrogen and oxygen atoms in total. The minimum Gasteiger partial charge on any atom is -0.399 e. The van der Waals surface area contributed by atoms with Crippen molar-refractivity contribution in [2.24, 2.45) is 0 Å². The molecule has 0 aromatic heterocycles. The Morgan fingerprint density at radius 1 is 1.11 bits per heavy atom. The number of sulfone groups is 1. The predicted molar refractivity (Wildman–Crippen MR) is 80.6 cm³/mol. The summed E-state index contributed by atoms with van der Waals surface area (Å²) in [5.41, 5.74) is 7.96. The molecule has 0 aliphatic heterocycles. The van der Waals surface area contributed by atoms with Crippen molar-refractivity contribution in [3.8, 4) is 0 Å². The molecular weight excluding hydrogens is 326 g/mol. The standard InChI is InChI=1S/C14H14BrNO2S/c1-10-2-4-14(5-3-10)19(17,18)9-11-6-12(15)8-13(16)7-11/h2-8H,9,16H2,1H3. The maximum atomic E-state index is 12.3. The van der Waals surface area contributed by atoms with Crippen LogP contribution in [0.25, 0.3) is 0 Å². The fraction of sp³-hybridized carbons (Fsp3) is 0.143. The van der Waals surface area contributed by atoms with E-state index < -0.39 is 9.84 Å². The zero-order chi connectivity index (χ0) is 14.0. The third kappa shape index (κ3) is 3.58. The van der Waals surface area contributed by atoms with E-state index >= 15 is 0 Å². The first-order valence-electron chi connectivity index (χ1n) is 5.71. The summed E-state index contributed by atoms with van der Waals surface area (Å²) >= 11 is 3.31. The fourth-order valence-corrected chi connectivity index (χ4v) is 3.69. The maximum absolute atomic E-state index is 12.3. The van der Waals surface area contributed by atoms with E-state index in [9.17, 15) is 8.42 Å². The normalized spacial score (nSPS) is 11.5. The Morgan fingerprint density at radius 2 is 1.74 bits per heavy atom. The molecule has 0 radical (unpaired) electrons. The molecule has 0 aliphatic carbocycles. The first-order chi connectivity index (χ1) is 8.87. The molecule has 2 aromatic carbocycles. The van der Waals surface area contributed by atoms with Crippen molar-refractivity contribution >= 4 is 31.5 Å².